The number of ether oxygens (including phenoxy) is 2. The van der Waals surface area contributed by atoms with Crippen LogP contribution in [0.3, 0.4) is 0 Å². The summed E-state index contributed by atoms with van der Waals surface area (Å²) in [4.78, 5) is 14.3. The number of esters is 1. The minimum absolute atomic E-state index is 0.0532. The average molecular weight is 483 g/mol. The molecule has 6 heteroatoms. The van der Waals surface area contributed by atoms with Crippen molar-refractivity contribution in [1.82, 2.24) is 5.32 Å². The van der Waals surface area contributed by atoms with Crippen molar-refractivity contribution in [2.24, 2.45) is 0 Å². The van der Waals surface area contributed by atoms with Crippen molar-refractivity contribution in [3.63, 3.8) is 0 Å². The van der Waals surface area contributed by atoms with Gasteiger partial charge in [-0.2, -0.15) is 0 Å². The number of aromatic hydroxyl groups is 1. The van der Waals surface area contributed by atoms with Crippen molar-refractivity contribution < 1.29 is 19.4 Å². The van der Waals surface area contributed by atoms with Crippen LogP contribution in [-0.2, 0) is 4.74 Å². The highest BCUT2D eigenvalue weighted by Gasteiger charge is 2.27. The van der Waals surface area contributed by atoms with Crippen LogP contribution in [0.1, 0.15) is 35.3 Å². The number of nitrogens with one attached hydrogen (secondary N) is 1. The lowest BCUT2D eigenvalue weighted by Crippen LogP contribution is -2.39. The van der Waals surface area contributed by atoms with Gasteiger partial charge in [0.05, 0.1) is 19.3 Å². The molecule has 2 unspecified atom stereocenters. The van der Waals surface area contributed by atoms with Crippen molar-refractivity contribution in [2.75, 3.05) is 25.1 Å². The zero-order valence-electron chi connectivity index (χ0n) is 20.5. The zero-order valence-corrected chi connectivity index (χ0v) is 20.5. The lowest BCUT2D eigenvalue weighted by molar-refractivity contribution is 0.0597. The summed E-state index contributed by atoms with van der Waals surface area (Å²) in [6.07, 6.45) is 0.754. The van der Waals surface area contributed by atoms with E-state index in [1.807, 2.05) is 30.3 Å². The van der Waals surface area contributed by atoms with Gasteiger partial charge in [-0.15, -0.1) is 0 Å². The summed E-state index contributed by atoms with van der Waals surface area (Å²) in [5.74, 6) is 0.123. The highest BCUT2D eigenvalue weighted by atomic mass is 16.5. The molecule has 0 aromatic heterocycles. The first-order valence-electron chi connectivity index (χ1n) is 12.2. The van der Waals surface area contributed by atoms with Crippen LogP contribution in [0.25, 0.3) is 10.8 Å². The molecule has 4 aromatic rings. The van der Waals surface area contributed by atoms with Gasteiger partial charge in [-0.3, -0.25) is 0 Å². The molecular formula is C30H30N2O4. The highest BCUT2D eigenvalue weighted by molar-refractivity contribution is 5.94. The first-order chi connectivity index (χ1) is 17.5. The van der Waals surface area contributed by atoms with Gasteiger partial charge in [0, 0.05) is 11.7 Å². The van der Waals surface area contributed by atoms with E-state index in [9.17, 15) is 9.90 Å². The quantitative estimate of drug-likeness (QED) is 0.316. The molecule has 0 saturated carbocycles. The second kappa shape index (κ2) is 10.3. The maximum Gasteiger partial charge on any atom is 0.341 e. The van der Waals surface area contributed by atoms with Crippen LogP contribution in [0.2, 0.25) is 0 Å². The van der Waals surface area contributed by atoms with Gasteiger partial charge in [0.15, 0.2) is 0 Å². The van der Waals surface area contributed by atoms with Crippen LogP contribution in [0.5, 0.6) is 11.5 Å². The lowest BCUT2D eigenvalue weighted by atomic mass is 9.99. The monoisotopic (exact) mass is 482 g/mol. The number of hydrogen-bond acceptors (Lipinski definition) is 6. The van der Waals surface area contributed by atoms with Crippen LogP contribution >= 0.6 is 0 Å². The third-order valence-electron chi connectivity index (χ3n) is 6.74. The molecule has 0 radical (unpaired) electrons. The predicted octanol–water partition coefficient (Wildman–Crippen LogP) is 5.97. The van der Waals surface area contributed by atoms with Crippen molar-refractivity contribution >= 4 is 28.1 Å². The van der Waals surface area contributed by atoms with Crippen molar-refractivity contribution in [1.29, 1.82) is 0 Å². The molecule has 0 bridgehead atoms. The SMILES string of the molecule is COC(=O)c1cc(N2CC(CCNC(C)c3cccc4ccccc34)Oc3ccccc32)ccc1O. The number of phenols is 1. The first kappa shape index (κ1) is 23.7. The minimum atomic E-state index is -0.570. The second-order valence-corrected chi connectivity index (χ2v) is 9.04. The largest absolute Gasteiger partial charge is 0.507 e. The summed E-state index contributed by atoms with van der Waals surface area (Å²) >= 11 is 0. The third kappa shape index (κ3) is 4.72. The van der Waals surface area contributed by atoms with E-state index in [1.165, 1.54) is 29.5 Å². The van der Waals surface area contributed by atoms with Crippen LogP contribution < -0.4 is 15.0 Å². The van der Waals surface area contributed by atoms with Gasteiger partial charge in [0.1, 0.15) is 23.2 Å². The molecule has 0 saturated heterocycles. The van der Waals surface area contributed by atoms with Crippen molar-refractivity contribution in [2.45, 2.75) is 25.5 Å². The van der Waals surface area contributed by atoms with Gasteiger partial charge in [-0.05, 0) is 66.6 Å². The smallest absolute Gasteiger partial charge is 0.341 e. The van der Waals surface area contributed by atoms with Crippen LogP contribution in [0.15, 0.2) is 84.9 Å². The minimum Gasteiger partial charge on any atom is -0.507 e. The number of hydrogen-bond donors (Lipinski definition) is 2. The fraction of sp³-hybridized carbons (Fsp3) is 0.233. The molecule has 36 heavy (non-hydrogen) atoms. The molecule has 2 atom stereocenters. The molecule has 1 aliphatic heterocycles. The Hall–Kier alpha value is -4.03. The van der Waals surface area contributed by atoms with E-state index in [1.54, 1.807) is 6.07 Å². The van der Waals surface area contributed by atoms with Gasteiger partial charge in [-0.1, -0.05) is 54.6 Å². The molecule has 0 fully saturated rings. The molecule has 184 valence electrons. The van der Waals surface area contributed by atoms with E-state index in [0.717, 1.165) is 30.1 Å². The van der Waals surface area contributed by atoms with E-state index in [4.69, 9.17) is 9.47 Å². The Morgan fingerprint density at radius 3 is 2.72 bits per heavy atom. The van der Waals surface area contributed by atoms with E-state index >= 15 is 0 Å². The Kier molecular flexibility index (Phi) is 6.78. The van der Waals surface area contributed by atoms with Crippen LogP contribution in [0.4, 0.5) is 11.4 Å². The Morgan fingerprint density at radius 2 is 1.86 bits per heavy atom. The number of benzene rings is 4. The number of methoxy groups -OCH3 is 1. The van der Waals surface area contributed by atoms with E-state index < -0.39 is 5.97 Å². The maximum absolute atomic E-state index is 12.1. The van der Waals surface area contributed by atoms with Crippen LogP contribution in [0, 0.1) is 0 Å². The Bertz CT molecular complexity index is 1380. The average Bonchev–Trinajstić information content (AvgIpc) is 2.92. The molecule has 1 heterocycles. The number of rotatable bonds is 7. The number of para-hydroxylation sites is 2. The molecule has 2 N–H and O–H groups in total. The standard InChI is InChI=1S/C30H30N2O4/c1-20(24-11-7-9-21-8-3-4-10-25(21)24)31-17-16-23-19-32(27-12-5-6-13-29(27)36-23)22-14-15-28(33)26(18-22)30(34)35-2/h3-15,18,20,23,31,33H,16-17,19H2,1-2H3. The molecule has 0 aliphatic carbocycles. The predicted molar refractivity (Wildman–Crippen MR) is 142 cm³/mol. The summed E-state index contributed by atoms with van der Waals surface area (Å²) < 4.78 is 11.2. The summed E-state index contributed by atoms with van der Waals surface area (Å²) in [6.45, 7) is 3.59. The Labute approximate surface area is 211 Å². The molecule has 4 aromatic carbocycles. The van der Waals surface area contributed by atoms with Gasteiger partial charge in [-0.25, -0.2) is 4.79 Å². The molecule has 0 amide bonds. The normalized spacial score (nSPS) is 15.7. The number of carbonyl (C=O) groups excluding carboxylic acids is 1. The number of phenolic OH excluding ortho intramolecular Hbond substituents is 1. The summed E-state index contributed by atoms with van der Waals surface area (Å²) in [6, 6.07) is 28.0. The third-order valence-corrected chi connectivity index (χ3v) is 6.74. The lowest BCUT2D eigenvalue weighted by Gasteiger charge is -2.36. The fourth-order valence-corrected chi connectivity index (χ4v) is 4.86. The topological polar surface area (TPSA) is 71.0 Å². The van der Waals surface area contributed by atoms with Crippen molar-refractivity contribution in [3.8, 4) is 11.5 Å². The van der Waals surface area contributed by atoms with E-state index in [2.05, 4.69) is 59.6 Å². The molecule has 1 aliphatic rings. The highest BCUT2D eigenvalue weighted by Crippen LogP contribution is 2.39. The molecule has 6 nitrogen and oxygen atoms in total. The van der Waals surface area contributed by atoms with E-state index in [0.29, 0.717) is 6.54 Å². The number of carbonyl (C=O) groups is 1. The van der Waals surface area contributed by atoms with Gasteiger partial charge in [0.2, 0.25) is 0 Å². The molecule has 5 rings (SSSR count). The number of fused-ring (bicyclic) bond motifs is 2. The molecular weight excluding hydrogens is 452 g/mol. The summed E-state index contributed by atoms with van der Waals surface area (Å²) in [7, 11) is 1.31. The molecule has 0 spiro atoms. The second-order valence-electron chi connectivity index (χ2n) is 9.04. The van der Waals surface area contributed by atoms with Gasteiger partial charge >= 0.3 is 5.97 Å². The maximum atomic E-state index is 12.1. The summed E-state index contributed by atoms with van der Waals surface area (Å²) in [5.41, 5.74) is 3.14. The van der Waals surface area contributed by atoms with Crippen LogP contribution in [-0.4, -0.2) is 37.4 Å². The van der Waals surface area contributed by atoms with E-state index in [-0.39, 0.29) is 23.5 Å². The Balaban J connectivity index is 1.32. The number of nitrogens with zero attached hydrogens (tertiary/aromatic N) is 1. The van der Waals surface area contributed by atoms with Crippen molar-refractivity contribution in [3.05, 3.63) is 96.1 Å². The fourth-order valence-electron chi connectivity index (χ4n) is 4.86. The first-order valence-corrected chi connectivity index (χ1v) is 12.2. The van der Waals surface area contributed by atoms with Gasteiger partial charge < -0.3 is 24.8 Å². The Morgan fingerprint density at radius 1 is 1.08 bits per heavy atom. The number of anilines is 2. The summed E-state index contributed by atoms with van der Waals surface area (Å²) in [5, 5.41) is 16.3. The zero-order chi connectivity index (χ0) is 25.1. The van der Waals surface area contributed by atoms with Gasteiger partial charge in [0.25, 0.3) is 0 Å².